The summed E-state index contributed by atoms with van der Waals surface area (Å²) in [5.74, 6) is 2.49. The van der Waals surface area contributed by atoms with Crippen LogP contribution in [0.4, 0.5) is 5.69 Å². The van der Waals surface area contributed by atoms with Crippen molar-refractivity contribution in [2.24, 2.45) is 0 Å². The number of hydrogen-bond acceptors (Lipinski definition) is 2. The Balaban J connectivity index is 0.000000354. The molecule has 0 saturated carbocycles. The Kier molecular flexibility index (Phi) is 5.50. The number of hydrogen-bond donors (Lipinski definition) is 2. The van der Waals surface area contributed by atoms with Gasteiger partial charge in [0.15, 0.2) is 0 Å². The first-order valence-corrected chi connectivity index (χ1v) is 3.67. The summed E-state index contributed by atoms with van der Waals surface area (Å²) in [6.07, 6.45) is 5.11. The summed E-state index contributed by atoms with van der Waals surface area (Å²) in [5, 5.41) is 7.57. The fourth-order valence-electron chi connectivity index (χ4n) is 0.628. The zero-order valence-corrected chi connectivity index (χ0v) is 7.12. The van der Waals surface area contributed by atoms with Crippen LogP contribution in [0.25, 0.3) is 0 Å². The van der Waals surface area contributed by atoms with E-state index in [1.807, 2.05) is 12.1 Å². The second-order valence-corrected chi connectivity index (χ2v) is 2.09. The fraction of sp³-hybridized carbons (Fsp3) is 0.200. The number of benzene rings is 1. The molecule has 1 aromatic carbocycles. The molecule has 64 valence electrons. The molecule has 2 heteroatoms. The fourth-order valence-corrected chi connectivity index (χ4v) is 0.628. The van der Waals surface area contributed by atoms with Gasteiger partial charge >= 0.3 is 0 Å². The summed E-state index contributed by atoms with van der Waals surface area (Å²) < 4.78 is 0. The van der Waals surface area contributed by atoms with Gasteiger partial charge in [-0.3, -0.25) is 0 Å². The number of nitrogens with two attached hydrogens (primary N) is 1. The van der Waals surface area contributed by atoms with Crippen LogP contribution >= 0.6 is 0 Å². The summed E-state index contributed by atoms with van der Waals surface area (Å²) >= 11 is 0. The molecule has 2 nitrogen and oxygen atoms in total. The summed E-state index contributed by atoms with van der Waals surface area (Å²) in [7, 11) is 0. The lowest BCUT2D eigenvalue weighted by molar-refractivity contribution is 0.318. The van der Waals surface area contributed by atoms with E-state index in [1.165, 1.54) is 0 Å². The van der Waals surface area contributed by atoms with Crippen molar-refractivity contribution >= 4 is 5.69 Å². The van der Waals surface area contributed by atoms with Gasteiger partial charge in [0.1, 0.15) is 0 Å². The molecule has 12 heavy (non-hydrogen) atoms. The van der Waals surface area contributed by atoms with E-state index in [0.29, 0.717) is 5.69 Å². The van der Waals surface area contributed by atoms with Gasteiger partial charge in [0.2, 0.25) is 0 Å². The molecule has 3 N–H and O–H groups in total. The minimum absolute atomic E-state index is 0.250. The van der Waals surface area contributed by atoms with Crippen LogP contribution in [0.2, 0.25) is 0 Å². The second kappa shape index (κ2) is 6.26. The molecule has 0 amide bonds. The smallest absolute Gasteiger partial charge is 0.0402 e. The van der Waals surface area contributed by atoms with Crippen molar-refractivity contribution in [2.45, 2.75) is 6.92 Å². The Labute approximate surface area is 73.0 Å². The second-order valence-electron chi connectivity index (χ2n) is 2.09. The molecule has 0 unspecified atom stereocenters. The van der Waals surface area contributed by atoms with Crippen LogP contribution in [0.5, 0.6) is 0 Å². The summed E-state index contributed by atoms with van der Waals surface area (Å²) in [6, 6.07) is 7.25. The van der Waals surface area contributed by atoms with Gasteiger partial charge < -0.3 is 10.8 Å². The third-order valence-electron chi connectivity index (χ3n) is 1.05. The highest BCUT2D eigenvalue weighted by Crippen LogP contribution is 2.03. The summed E-state index contributed by atoms with van der Waals surface area (Å²) in [5.41, 5.74) is 6.98. The molecular formula is C10H13NO. The Morgan fingerprint density at radius 2 is 2.17 bits per heavy atom. The Hall–Kier alpha value is -1.46. The predicted molar refractivity (Wildman–Crippen MR) is 51.5 cm³/mol. The lowest BCUT2D eigenvalue weighted by atomic mass is 10.2. The van der Waals surface area contributed by atoms with E-state index >= 15 is 0 Å². The Morgan fingerprint density at radius 3 is 2.50 bits per heavy atom. The first kappa shape index (κ1) is 10.5. The molecule has 0 fully saturated rings. The predicted octanol–water partition coefficient (Wildman–Crippen LogP) is 1.25. The van der Waals surface area contributed by atoms with Crippen molar-refractivity contribution in [2.75, 3.05) is 12.3 Å². The van der Waals surface area contributed by atoms with E-state index in [0.717, 1.165) is 5.56 Å². The molecule has 0 heterocycles. The zero-order chi connectivity index (χ0) is 9.40. The number of rotatable bonds is 0. The SMILES string of the molecule is C#Cc1cccc(N)c1.CCO. The number of anilines is 1. The first-order chi connectivity index (χ1) is 5.74. The third-order valence-corrected chi connectivity index (χ3v) is 1.05. The van der Waals surface area contributed by atoms with E-state index in [2.05, 4.69) is 5.92 Å². The van der Waals surface area contributed by atoms with Crippen LogP contribution in [-0.4, -0.2) is 11.7 Å². The minimum Gasteiger partial charge on any atom is -0.399 e. The molecule has 0 radical (unpaired) electrons. The van der Waals surface area contributed by atoms with Gasteiger partial charge in [0, 0.05) is 17.9 Å². The topological polar surface area (TPSA) is 46.2 Å². The maximum absolute atomic E-state index is 7.57. The molecular weight excluding hydrogens is 150 g/mol. The van der Waals surface area contributed by atoms with Crippen molar-refractivity contribution in [3.63, 3.8) is 0 Å². The van der Waals surface area contributed by atoms with E-state index < -0.39 is 0 Å². The van der Waals surface area contributed by atoms with Crippen molar-refractivity contribution < 1.29 is 5.11 Å². The molecule has 0 saturated heterocycles. The van der Waals surface area contributed by atoms with Gasteiger partial charge in [0.25, 0.3) is 0 Å². The minimum atomic E-state index is 0.250. The van der Waals surface area contributed by atoms with Crippen LogP contribution in [0.15, 0.2) is 24.3 Å². The molecule has 0 spiro atoms. The largest absolute Gasteiger partial charge is 0.399 e. The standard InChI is InChI=1S/C8H7N.C2H6O/c1-2-7-4-3-5-8(9)6-7;1-2-3/h1,3-6H,9H2;3H,2H2,1H3. The van der Waals surface area contributed by atoms with Gasteiger partial charge in [-0.1, -0.05) is 12.0 Å². The van der Waals surface area contributed by atoms with Crippen LogP contribution in [0, 0.1) is 12.3 Å². The highest BCUT2D eigenvalue weighted by atomic mass is 16.2. The van der Waals surface area contributed by atoms with Crippen LogP contribution in [0.3, 0.4) is 0 Å². The maximum Gasteiger partial charge on any atom is 0.0402 e. The molecule has 0 atom stereocenters. The van der Waals surface area contributed by atoms with Crippen molar-refractivity contribution in [1.82, 2.24) is 0 Å². The Bertz CT molecular complexity index is 263. The molecule has 1 aromatic rings. The molecule has 0 aromatic heterocycles. The van der Waals surface area contributed by atoms with E-state index in [9.17, 15) is 0 Å². The average molecular weight is 163 g/mol. The third kappa shape index (κ3) is 4.37. The molecule has 0 aliphatic carbocycles. The molecule has 1 rings (SSSR count). The summed E-state index contributed by atoms with van der Waals surface area (Å²) in [4.78, 5) is 0. The monoisotopic (exact) mass is 163 g/mol. The summed E-state index contributed by atoms with van der Waals surface area (Å²) in [6.45, 7) is 1.93. The van der Waals surface area contributed by atoms with Gasteiger partial charge in [-0.15, -0.1) is 6.42 Å². The average Bonchev–Trinajstić information content (AvgIpc) is 2.06. The normalized spacial score (nSPS) is 7.75. The lowest BCUT2D eigenvalue weighted by Crippen LogP contribution is -1.83. The van der Waals surface area contributed by atoms with E-state index in [4.69, 9.17) is 17.3 Å². The van der Waals surface area contributed by atoms with E-state index in [1.54, 1.807) is 19.1 Å². The van der Waals surface area contributed by atoms with Crippen molar-refractivity contribution in [3.8, 4) is 12.3 Å². The van der Waals surface area contributed by atoms with Gasteiger partial charge in [-0.2, -0.15) is 0 Å². The van der Waals surface area contributed by atoms with E-state index in [-0.39, 0.29) is 6.61 Å². The lowest BCUT2D eigenvalue weighted by Gasteiger charge is -1.90. The Morgan fingerprint density at radius 1 is 1.58 bits per heavy atom. The van der Waals surface area contributed by atoms with Crippen LogP contribution in [-0.2, 0) is 0 Å². The number of terminal acetylenes is 1. The number of aliphatic hydroxyl groups excluding tert-OH is 1. The first-order valence-electron chi connectivity index (χ1n) is 3.67. The zero-order valence-electron chi connectivity index (χ0n) is 7.12. The van der Waals surface area contributed by atoms with Crippen LogP contribution < -0.4 is 5.73 Å². The number of nitrogen functional groups attached to an aromatic ring is 1. The molecule has 0 bridgehead atoms. The van der Waals surface area contributed by atoms with Crippen molar-refractivity contribution in [3.05, 3.63) is 29.8 Å². The van der Waals surface area contributed by atoms with Gasteiger partial charge in [-0.05, 0) is 25.1 Å². The van der Waals surface area contributed by atoms with Crippen molar-refractivity contribution in [1.29, 1.82) is 0 Å². The van der Waals surface area contributed by atoms with Gasteiger partial charge in [-0.25, -0.2) is 0 Å². The highest BCUT2D eigenvalue weighted by molar-refractivity contribution is 5.46. The van der Waals surface area contributed by atoms with Crippen LogP contribution in [0.1, 0.15) is 12.5 Å². The van der Waals surface area contributed by atoms with Gasteiger partial charge in [0.05, 0.1) is 0 Å². The maximum atomic E-state index is 7.57. The quantitative estimate of drug-likeness (QED) is 0.446. The highest BCUT2D eigenvalue weighted by Gasteiger charge is 1.84. The molecule has 0 aliphatic heterocycles. The number of aliphatic hydroxyl groups is 1. The molecule has 0 aliphatic rings.